The molecule has 0 aliphatic heterocycles. The van der Waals surface area contributed by atoms with Crippen molar-refractivity contribution in [3.05, 3.63) is 11.1 Å². The van der Waals surface area contributed by atoms with E-state index in [9.17, 15) is 4.79 Å². The van der Waals surface area contributed by atoms with Crippen LogP contribution >= 0.6 is 11.5 Å². The molecule has 0 spiro atoms. The van der Waals surface area contributed by atoms with E-state index in [1.165, 1.54) is 6.20 Å². The fourth-order valence-electron chi connectivity index (χ4n) is 2.11. The number of rotatable bonds is 4. The number of nitrogens with one attached hydrogen (secondary N) is 1. The second kappa shape index (κ2) is 4.70. The van der Waals surface area contributed by atoms with Gasteiger partial charge in [0.15, 0.2) is 0 Å². The van der Waals surface area contributed by atoms with E-state index in [4.69, 9.17) is 4.74 Å². The van der Waals surface area contributed by atoms with Crippen molar-refractivity contribution in [3.63, 3.8) is 0 Å². The molecule has 1 saturated carbocycles. The van der Waals surface area contributed by atoms with Gasteiger partial charge in [0, 0.05) is 18.1 Å². The van der Waals surface area contributed by atoms with Crippen LogP contribution in [0.25, 0.3) is 0 Å². The van der Waals surface area contributed by atoms with Gasteiger partial charge >= 0.3 is 0 Å². The van der Waals surface area contributed by atoms with Gasteiger partial charge in [-0.05, 0) is 24.9 Å². The molecule has 2 rings (SSSR count). The minimum Gasteiger partial charge on any atom is -0.378 e. The highest BCUT2D eigenvalue weighted by Crippen LogP contribution is 2.42. The summed E-state index contributed by atoms with van der Waals surface area (Å²) in [7, 11) is 0. The molecule has 1 aromatic rings. The lowest BCUT2D eigenvalue weighted by Gasteiger charge is -2.51. The number of amides is 1. The summed E-state index contributed by atoms with van der Waals surface area (Å²) in [5, 5.41) is 6.67. The number of hydrogen-bond donors (Lipinski definition) is 1. The van der Waals surface area contributed by atoms with Gasteiger partial charge in [0.1, 0.15) is 4.88 Å². The zero-order valence-corrected chi connectivity index (χ0v) is 11.1. The fourth-order valence-corrected chi connectivity index (χ4v) is 2.53. The molecule has 17 heavy (non-hydrogen) atoms. The molecule has 0 unspecified atom stereocenters. The van der Waals surface area contributed by atoms with Crippen LogP contribution in [0.5, 0.6) is 0 Å². The van der Waals surface area contributed by atoms with Gasteiger partial charge < -0.3 is 10.1 Å². The van der Waals surface area contributed by atoms with Crippen LogP contribution in [0, 0.1) is 5.41 Å². The van der Waals surface area contributed by atoms with Gasteiger partial charge in [0.2, 0.25) is 0 Å². The zero-order chi connectivity index (χ0) is 12.5. The molecule has 5 nitrogen and oxygen atoms in total. The van der Waals surface area contributed by atoms with Crippen LogP contribution in [0.3, 0.4) is 0 Å². The first-order valence-corrected chi connectivity index (χ1v) is 6.53. The quantitative estimate of drug-likeness (QED) is 0.885. The Morgan fingerprint density at radius 1 is 1.71 bits per heavy atom. The molecule has 1 fully saturated rings. The second-order valence-electron chi connectivity index (χ2n) is 4.81. The molecule has 94 valence electrons. The van der Waals surface area contributed by atoms with Gasteiger partial charge in [-0.25, -0.2) is 0 Å². The van der Waals surface area contributed by atoms with Crippen LogP contribution < -0.4 is 5.32 Å². The smallest absolute Gasteiger partial charge is 0.264 e. The molecule has 1 heterocycles. The summed E-state index contributed by atoms with van der Waals surface area (Å²) >= 11 is 1.11. The number of nitrogens with zero attached hydrogens (tertiary/aromatic N) is 2. The Morgan fingerprint density at radius 3 is 3.00 bits per heavy atom. The van der Waals surface area contributed by atoms with E-state index in [1.807, 2.05) is 6.92 Å². The zero-order valence-electron chi connectivity index (χ0n) is 10.3. The van der Waals surface area contributed by atoms with E-state index in [0.717, 1.165) is 18.0 Å². The van der Waals surface area contributed by atoms with Crippen molar-refractivity contribution >= 4 is 17.4 Å². The van der Waals surface area contributed by atoms with Gasteiger partial charge in [0.05, 0.1) is 12.3 Å². The molecule has 1 aliphatic carbocycles. The molecule has 0 saturated heterocycles. The number of aromatic nitrogens is 2. The van der Waals surface area contributed by atoms with Crippen molar-refractivity contribution in [2.24, 2.45) is 5.41 Å². The van der Waals surface area contributed by atoms with Gasteiger partial charge in [-0.15, -0.1) is 5.10 Å². The van der Waals surface area contributed by atoms with E-state index in [2.05, 4.69) is 28.8 Å². The monoisotopic (exact) mass is 255 g/mol. The van der Waals surface area contributed by atoms with E-state index in [-0.39, 0.29) is 23.5 Å². The molecule has 0 bridgehead atoms. The van der Waals surface area contributed by atoms with Gasteiger partial charge in [-0.2, -0.15) is 0 Å². The minimum atomic E-state index is -0.0898. The Hall–Kier alpha value is -1.01. The lowest BCUT2D eigenvalue weighted by Crippen LogP contribution is -2.62. The maximum absolute atomic E-state index is 11.8. The highest BCUT2D eigenvalue weighted by molar-refractivity contribution is 7.07. The average molecular weight is 255 g/mol. The van der Waals surface area contributed by atoms with Gasteiger partial charge in [-0.1, -0.05) is 18.3 Å². The SMILES string of the molecule is CCO[C@H]1C[C@H](NC(=O)c2cnns2)C1(C)C. The summed E-state index contributed by atoms with van der Waals surface area (Å²) in [5.41, 5.74) is -0.0101. The number of hydrogen-bond acceptors (Lipinski definition) is 5. The average Bonchev–Trinajstić information content (AvgIpc) is 2.81. The molecule has 1 aromatic heterocycles. The molecular weight excluding hydrogens is 238 g/mol. The highest BCUT2D eigenvalue weighted by Gasteiger charge is 2.49. The van der Waals surface area contributed by atoms with Gasteiger partial charge in [0.25, 0.3) is 5.91 Å². The standard InChI is InChI=1S/C11H17N3O2S/c1-4-16-9-5-8(11(9,2)3)13-10(15)7-6-12-14-17-7/h6,8-9H,4-5H2,1-3H3,(H,13,15)/t8-,9-/m0/s1. The Labute approximate surface area is 105 Å². The van der Waals surface area contributed by atoms with Crippen molar-refractivity contribution in [3.8, 4) is 0 Å². The van der Waals surface area contributed by atoms with E-state index < -0.39 is 0 Å². The van der Waals surface area contributed by atoms with Crippen LogP contribution in [0.4, 0.5) is 0 Å². The molecule has 1 aliphatic rings. The Balaban J connectivity index is 1.92. The molecule has 0 radical (unpaired) electrons. The summed E-state index contributed by atoms with van der Waals surface area (Å²) in [6, 6.07) is 0.161. The van der Waals surface area contributed by atoms with Crippen LogP contribution in [-0.2, 0) is 4.74 Å². The van der Waals surface area contributed by atoms with E-state index in [0.29, 0.717) is 11.5 Å². The van der Waals surface area contributed by atoms with Crippen molar-refractivity contribution in [1.82, 2.24) is 14.9 Å². The molecule has 2 atom stereocenters. The third-order valence-electron chi connectivity index (χ3n) is 3.44. The first-order valence-electron chi connectivity index (χ1n) is 5.75. The third-order valence-corrected chi connectivity index (χ3v) is 4.10. The number of carbonyl (C=O) groups is 1. The van der Waals surface area contributed by atoms with Crippen LogP contribution in [0.1, 0.15) is 36.9 Å². The van der Waals surface area contributed by atoms with Crippen LogP contribution in [-0.4, -0.2) is 34.2 Å². The van der Waals surface area contributed by atoms with Crippen LogP contribution in [0.2, 0.25) is 0 Å². The van der Waals surface area contributed by atoms with Gasteiger partial charge in [-0.3, -0.25) is 4.79 Å². The minimum absolute atomic E-state index is 0.0101. The van der Waals surface area contributed by atoms with Crippen molar-refractivity contribution < 1.29 is 9.53 Å². The topological polar surface area (TPSA) is 64.1 Å². The Morgan fingerprint density at radius 2 is 2.47 bits per heavy atom. The maximum Gasteiger partial charge on any atom is 0.264 e. The lowest BCUT2D eigenvalue weighted by atomic mass is 9.64. The fraction of sp³-hybridized carbons (Fsp3) is 0.727. The molecule has 1 amide bonds. The predicted octanol–water partition coefficient (Wildman–Crippen LogP) is 1.47. The molecule has 0 aromatic carbocycles. The summed E-state index contributed by atoms with van der Waals surface area (Å²) in [6.07, 6.45) is 2.60. The van der Waals surface area contributed by atoms with E-state index in [1.54, 1.807) is 0 Å². The first kappa shape index (κ1) is 12.4. The number of ether oxygens (including phenoxy) is 1. The Kier molecular flexibility index (Phi) is 3.44. The molecule has 6 heteroatoms. The van der Waals surface area contributed by atoms with E-state index >= 15 is 0 Å². The first-order chi connectivity index (χ1) is 8.05. The van der Waals surface area contributed by atoms with Crippen molar-refractivity contribution in [2.45, 2.75) is 39.3 Å². The lowest BCUT2D eigenvalue weighted by molar-refractivity contribution is -0.111. The van der Waals surface area contributed by atoms with Crippen molar-refractivity contribution in [1.29, 1.82) is 0 Å². The molecular formula is C11H17N3O2S. The largest absolute Gasteiger partial charge is 0.378 e. The maximum atomic E-state index is 11.8. The third kappa shape index (κ3) is 2.32. The summed E-state index contributed by atoms with van der Waals surface area (Å²) in [4.78, 5) is 12.4. The normalized spacial score (nSPS) is 26.3. The second-order valence-corrected chi connectivity index (χ2v) is 5.59. The number of carbonyl (C=O) groups excluding carboxylic acids is 1. The van der Waals surface area contributed by atoms with Crippen LogP contribution in [0.15, 0.2) is 6.20 Å². The Bertz CT molecular complexity index is 391. The summed E-state index contributed by atoms with van der Waals surface area (Å²) in [6.45, 7) is 6.94. The summed E-state index contributed by atoms with van der Waals surface area (Å²) in [5.74, 6) is -0.0898. The summed E-state index contributed by atoms with van der Waals surface area (Å²) < 4.78 is 9.30. The van der Waals surface area contributed by atoms with Crippen molar-refractivity contribution in [2.75, 3.05) is 6.61 Å². The highest BCUT2D eigenvalue weighted by atomic mass is 32.1. The predicted molar refractivity (Wildman–Crippen MR) is 65.0 cm³/mol. The molecule has 1 N–H and O–H groups in total.